The van der Waals surface area contributed by atoms with E-state index in [0.29, 0.717) is 5.69 Å². The second-order valence-electron chi connectivity index (χ2n) is 4.75. The Morgan fingerprint density at radius 1 is 1.04 bits per heavy atom. The lowest BCUT2D eigenvalue weighted by molar-refractivity contribution is -0.141. The summed E-state index contributed by atoms with van der Waals surface area (Å²) >= 11 is 2.00. The lowest BCUT2D eigenvalue weighted by Gasteiger charge is -2.06. The van der Waals surface area contributed by atoms with E-state index < -0.39 is 23.5 Å². The maximum absolute atomic E-state index is 13.7. The van der Waals surface area contributed by atoms with Gasteiger partial charge in [-0.05, 0) is 18.2 Å². The first kappa shape index (κ1) is 17.7. The molecular formula is C15H8F5N3S2. The number of aromatic nitrogens is 3. The molecule has 130 valence electrons. The molecule has 3 nitrogen and oxygen atoms in total. The summed E-state index contributed by atoms with van der Waals surface area (Å²) < 4.78 is 65.3. The van der Waals surface area contributed by atoms with Gasteiger partial charge in [-0.1, -0.05) is 17.8 Å². The second-order valence-corrected chi connectivity index (χ2v) is 6.55. The Kier molecular flexibility index (Phi) is 5.00. The average molecular weight is 389 g/mol. The third-order valence-electron chi connectivity index (χ3n) is 3.00. The van der Waals surface area contributed by atoms with E-state index >= 15 is 0 Å². The quantitative estimate of drug-likeness (QED) is 0.350. The minimum absolute atomic E-state index is 0.0542. The van der Waals surface area contributed by atoms with Crippen molar-refractivity contribution in [3.63, 3.8) is 0 Å². The molecule has 3 aromatic rings. The van der Waals surface area contributed by atoms with Crippen molar-refractivity contribution in [2.45, 2.75) is 17.1 Å². The molecule has 0 aliphatic carbocycles. The minimum atomic E-state index is -4.55. The summed E-state index contributed by atoms with van der Waals surface area (Å²) in [5.41, 5.74) is -0.787. The number of hydrogen-bond donors (Lipinski definition) is 0. The van der Waals surface area contributed by atoms with Crippen LogP contribution in [0.5, 0.6) is 0 Å². The third-order valence-corrected chi connectivity index (χ3v) is 4.81. The number of halogens is 5. The van der Waals surface area contributed by atoms with E-state index in [1.807, 2.05) is 0 Å². The van der Waals surface area contributed by atoms with E-state index in [0.717, 1.165) is 47.5 Å². The Balaban J connectivity index is 1.75. The maximum Gasteiger partial charge on any atom is 0.433 e. The fraction of sp³-hybridized carbons (Fsp3) is 0.133. The van der Waals surface area contributed by atoms with Gasteiger partial charge >= 0.3 is 6.18 Å². The Morgan fingerprint density at radius 3 is 2.44 bits per heavy atom. The molecule has 1 aromatic carbocycles. The number of rotatable bonds is 4. The minimum Gasteiger partial charge on any atom is -0.240 e. The molecule has 0 amide bonds. The van der Waals surface area contributed by atoms with Crippen LogP contribution in [-0.4, -0.2) is 15.0 Å². The van der Waals surface area contributed by atoms with Gasteiger partial charge in [0.1, 0.15) is 22.3 Å². The van der Waals surface area contributed by atoms with Crippen LogP contribution in [0.4, 0.5) is 22.0 Å². The maximum atomic E-state index is 13.7. The van der Waals surface area contributed by atoms with Gasteiger partial charge in [-0.15, -0.1) is 11.3 Å². The van der Waals surface area contributed by atoms with Gasteiger partial charge in [0.2, 0.25) is 0 Å². The van der Waals surface area contributed by atoms with E-state index in [1.165, 1.54) is 6.07 Å². The van der Waals surface area contributed by atoms with Crippen molar-refractivity contribution in [2.24, 2.45) is 0 Å². The molecule has 10 heteroatoms. The number of thiazole rings is 1. The van der Waals surface area contributed by atoms with Gasteiger partial charge in [0, 0.05) is 17.3 Å². The summed E-state index contributed by atoms with van der Waals surface area (Å²) in [5, 5.41) is 1.69. The molecule has 0 radical (unpaired) electrons. The lowest BCUT2D eigenvalue weighted by atomic mass is 10.2. The van der Waals surface area contributed by atoms with Crippen LogP contribution in [0, 0.1) is 11.6 Å². The fourth-order valence-corrected chi connectivity index (χ4v) is 3.59. The molecule has 0 spiro atoms. The molecule has 0 bridgehead atoms. The Bertz CT molecular complexity index is 875. The number of hydrogen-bond acceptors (Lipinski definition) is 5. The van der Waals surface area contributed by atoms with E-state index in [-0.39, 0.29) is 21.5 Å². The highest BCUT2D eigenvalue weighted by Crippen LogP contribution is 2.32. The summed E-state index contributed by atoms with van der Waals surface area (Å²) in [6, 6.07) is 4.30. The number of nitrogens with zero attached hydrogens (tertiary/aromatic N) is 3. The van der Waals surface area contributed by atoms with Crippen LogP contribution in [0.15, 0.2) is 41.0 Å². The molecule has 0 saturated carbocycles. The first-order valence-corrected chi connectivity index (χ1v) is 8.63. The number of thioether (sulfide) groups is 1. The van der Waals surface area contributed by atoms with Crippen molar-refractivity contribution in [3.05, 3.63) is 58.9 Å². The normalized spacial score (nSPS) is 11.7. The molecule has 25 heavy (non-hydrogen) atoms. The molecule has 3 rings (SSSR count). The van der Waals surface area contributed by atoms with Crippen LogP contribution in [0.2, 0.25) is 0 Å². The molecule has 2 aromatic heterocycles. The molecule has 0 atom stereocenters. The van der Waals surface area contributed by atoms with E-state index in [1.54, 1.807) is 5.38 Å². The zero-order chi connectivity index (χ0) is 18.0. The Morgan fingerprint density at radius 2 is 1.76 bits per heavy atom. The van der Waals surface area contributed by atoms with Gasteiger partial charge in [0.05, 0.1) is 11.3 Å². The highest BCUT2D eigenvalue weighted by molar-refractivity contribution is 7.98. The zero-order valence-electron chi connectivity index (χ0n) is 12.2. The third kappa shape index (κ3) is 4.13. The summed E-state index contributed by atoms with van der Waals surface area (Å²) in [4.78, 5) is 11.3. The first-order valence-electron chi connectivity index (χ1n) is 6.76. The van der Waals surface area contributed by atoms with Gasteiger partial charge < -0.3 is 0 Å². The fourth-order valence-electron chi connectivity index (χ4n) is 1.90. The van der Waals surface area contributed by atoms with E-state index in [9.17, 15) is 22.0 Å². The van der Waals surface area contributed by atoms with Gasteiger partial charge in [0.15, 0.2) is 5.16 Å². The molecule has 0 saturated heterocycles. The molecule has 0 aliphatic rings. The summed E-state index contributed by atoms with van der Waals surface area (Å²) in [5.74, 6) is -1.28. The summed E-state index contributed by atoms with van der Waals surface area (Å²) in [6.07, 6.45) is -3.52. The standard InChI is InChI=1S/C15H8F5N3S2/c16-9-2-1-3-10(17)12(9)13-22-8(6-24-13)7-25-14-21-5-4-11(23-14)15(18,19)20/h1-6H,7H2. The van der Waals surface area contributed by atoms with Crippen LogP contribution in [0.25, 0.3) is 10.6 Å². The monoisotopic (exact) mass is 389 g/mol. The average Bonchev–Trinajstić information content (AvgIpc) is 3.01. The Hall–Kier alpha value is -2.07. The van der Waals surface area contributed by atoms with Crippen molar-refractivity contribution < 1.29 is 22.0 Å². The van der Waals surface area contributed by atoms with Crippen LogP contribution in [-0.2, 0) is 11.9 Å². The van der Waals surface area contributed by atoms with Gasteiger partial charge in [-0.3, -0.25) is 0 Å². The zero-order valence-corrected chi connectivity index (χ0v) is 13.9. The van der Waals surface area contributed by atoms with Crippen LogP contribution in [0.1, 0.15) is 11.4 Å². The van der Waals surface area contributed by atoms with Crippen molar-refractivity contribution in [2.75, 3.05) is 0 Å². The lowest BCUT2D eigenvalue weighted by Crippen LogP contribution is -2.08. The molecule has 2 heterocycles. The predicted molar refractivity (Wildman–Crippen MR) is 84.1 cm³/mol. The van der Waals surface area contributed by atoms with Crippen molar-refractivity contribution in [1.29, 1.82) is 0 Å². The summed E-state index contributed by atoms with van der Waals surface area (Å²) in [7, 11) is 0. The molecule has 0 fully saturated rings. The number of alkyl halides is 3. The SMILES string of the molecule is Fc1cccc(F)c1-c1nc(CSc2nccc(C(F)(F)F)n2)cs1. The molecule has 0 aliphatic heterocycles. The van der Waals surface area contributed by atoms with Crippen molar-refractivity contribution in [1.82, 2.24) is 15.0 Å². The first-order chi connectivity index (χ1) is 11.8. The van der Waals surface area contributed by atoms with Gasteiger partial charge in [-0.2, -0.15) is 13.2 Å². The largest absolute Gasteiger partial charge is 0.433 e. The van der Waals surface area contributed by atoms with Crippen LogP contribution >= 0.6 is 23.1 Å². The number of benzene rings is 1. The van der Waals surface area contributed by atoms with E-state index in [4.69, 9.17) is 0 Å². The second kappa shape index (κ2) is 7.04. The molecule has 0 unspecified atom stereocenters. The van der Waals surface area contributed by atoms with Gasteiger partial charge in [0.25, 0.3) is 0 Å². The van der Waals surface area contributed by atoms with Crippen molar-refractivity contribution >= 4 is 23.1 Å². The Labute approximate surface area is 147 Å². The van der Waals surface area contributed by atoms with Crippen LogP contribution in [0.3, 0.4) is 0 Å². The predicted octanol–water partition coefficient (Wildman–Crippen LogP) is 5.19. The van der Waals surface area contributed by atoms with Gasteiger partial charge in [-0.25, -0.2) is 23.7 Å². The van der Waals surface area contributed by atoms with Crippen LogP contribution < -0.4 is 0 Å². The smallest absolute Gasteiger partial charge is 0.240 e. The highest BCUT2D eigenvalue weighted by Gasteiger charge is 2.32. The summed E-state index contributed by atoms with van der Waals surface area (Å²) in [6.45, 7) is 0. The van der Waals surface area contributed by atoms with Crippen molar-refractivity contribution in [3.8, 4) is 10.6 Å². The molecule has 0 N–H and O–H groups in total. The molecular weight excluding hydrogens is 381 g/mol. The van der Waals surface area contributed by atoms with E-state index in [2.05, 4.69) is 15.0 Å². The highest BCUT2D eigenvalue weighted by atomic mass is 32.2. The topological polar surface area (TPSA) is 38.7 Å².